The van der Waals surface area contributed by atoms with E-state index in [2.05, 4.69) is 18.2 Å². The Morgan fingerprint density at radius 2 is 1.86 bits per heavy atom. The van der Waals surface area contributed by atoms with Crippen LogP contribution in [0.25, 0.3) is 0 Å². The Balaban J connectivity index is -0.000000740. The first-order valence-corrected chi connectivity index (χ1v) is 7.45. The van der Waals surface area contributed by atoms with Crippen LogP contribution in [-0.2, 0) is 24.4 Å². The van der Waals surface area contributed by atoms with Crippen LogP contribution in [0.5, 0.6) is 0 Å². The molecule has 0 spiro atoms. The van der Waals surface area contributed by atoms with E-state index < -0.39 is 33.7 Å². The summed E-state index contributed by atoms with van der Waals surface area (Å²) in [6.07, 6.45) is 2.76. The van der Waals surface area contributed by atoms with Gasteiger partial charge in [-0.3, -0.25) is 14.1 Å². The summed E-state index contributed by atoms with van der Waals surface area (Å²) in [4.78, 5) is 21.6. The summed E-state index contributed by atoms with van der Waals surface area (Å²) in [6.45, 7) is 8.45. The molecule has 0 amide bonds. The SMILES string of the molecule is C=C[CH2-].CCCCCOC(=O)C(CC(=O)O)S(=O)(=O)O.[Na+]. The van der Waals surface area contributed by atoms with Crippen molar-refractivity contribution in [2.45, 2.75) is 37.9 Å². The second kappa shape index (κ2) is 14.4. The smallest absolute Gasteiger partial charge is 0.481 e. The number of rotatable bonds is 8. The van der Waals surface area contributed by atoms with Crippen LogP contribution in [0, 0.1) is 6.92 Å². The van der Waals surface area contributed by atoms with E-state index in [1.54, 1.807) is 0 Å². The number of ether oxygens (including phenoxy) is 1. The van der Waals surface area contributed by atoms with Crippen LogP contribution in [0.1, 0.15) is 32.6 Å². The van der Waals surface area contributed by atoms with Gasteiger partial charge in [-0.2, -0.15) is 8.42 Å². The van der Waals surface area contributed by atoms with Crippen molar-refractivity contribution in [1.29, 1.82) is 0 Å². The van der Waals surface area contributed by atoms with Gasteiger partial charge in [0.05, 0.1) is 13.0 Å². The largest absolute Gasteiger partial charge is 1.00 e. The van der Waals surface area contributed by atoms with E-state index >= 15 is 0 Å². The quantitative estimate of drug-likeness (QED) is 0.182. The van der Waals surface area contributed by atoms with Crippen molar-refractivity contribution in [3.05, 3.63) is 19.6 Å². The van der Waals surface area contributed by atoms with Crippen molar-refractivity contribution in [2.24, 2.45) is 0 Å². The average molecular weight is 332 g/mol. The molecule has 0 radical (unpaired) electrons. The summed E-state index contributed by atoms with van der Waals surface area (Å²) in [7, 11) is -4.76. The molecule has 1 unspecified atom stereocenters. The second-order valence-electron chi connectivity index (χ2n) is 3.76. The van der Waals surface area contributed by atoms with Gasteiger partial charge in [0.15, 0.2) is 5.25 Å². The molecule has 0 fully saturated rings. The van der Waals surface area contributed by atoms with Crippen molar-refractivity contribution in [3.63, 3.8) is 0 Å². The van der Waals surface area contributed by atoms with Gasteiger partial charge in [0.25, 0.3) is 10.1 Å². The van der Waals surface area contributed by atoms with Gasteiger partial charge < -0.3 is 9.84 Å². The topological polar surface area (TPSA) is 118 Å². The van der Waals surface area contributed by atoms with E-state index in [9.17, 15) is 18.0 Å². The molecule has 9 heteroatoms. The van der Waals surface area contributed by atoms with Gasteiger partial charge in [-0.25, -0.2) is 19.6 Å². The van der Waals surface area contributed by atoms with E-state index in [-0.39, 0.29) is 36.2 Å². The molecule has 0 rings (SSSR count). The van der Waals surface area contributed by atoms with Crippen molar-refractivity contribution < 1.29 is 62.0 Å². The van der Waals surface area contributed by atoms with Crippen LogP contribution < -0.4 is 29.6 Å². The molecule has 0 aliphatic carbocycles. The number of hydrogen-bond acceptors (Lipinski definition) is 5. The number of esters is 1. The molecular weight excluding hydrogens is 311 g/mol. The molecule has 1 atom stereocenters. The molecule has 21 heavy (non-hydrogen) atoms. The zero-order chi connectivity index (χ0) is 16.2. The van der Waals surface area contributed by atoms with Gasteiger partial charge in [-0.05, 0) is 6.42 Å². The molecule has 0 aromatic rings. The van der Waals surface area contributed by atoms with Crippen LogP contribution in [0.2, 0.25) is 0 Å². The summed E-state index contributed by atoms with van der Waals surface area (Å²) in [5.74, 6) is -2.73. The summed E-state index contributed by atoms with van der Waals surface area (Å²) in [5.41, 5.74) is 0. The molecule has 0 heterocycles. The molecule has 0 aliphatic heterocycles. The fourth-order valence-corrected chi connectivity index (χ4v) is 1.75. The van der Waals surface area contributed by atoms with E-state index in [1.807, 2.05) is 6.92 Å². The third kappa shape index (κ3) is 15.7. The number of hydrogen-bond donors (Lipinski definition) is 2. The van der Waals surface area contributed by atoms with Gasteiger partial charge >= 0.3 is 41.5 Å². The molecule has 0 saturated heterocycles. The minimum absolute atomic E-state index is 0. The van der Waals surface area contributed by atoms with E-state index in [0.29, 0.717) is 6.42 Å². The molecule has 7 nitrogen and oxygen atoms in total. The Labute approximate surface area is 147 Å². The average Bonchev–Trinajstić information content (AvgIpc) is 2.31. The Morgan fingerprint density at radius 1 is 1.38 bits per heavy atom. The molecule has 0 saturated carbocycles. The number of aliphatic carboxylic acids is 1. The van der Waals surface area contributed by atoms with Crippen LogP contribution in [0.3, 0.4) is 0 Å². The molecular formula is C12H21NaO7S. The van der Waals surface area contributed by atoms with Crippen LogP contribution in [-0.4, -0.2) is 41.9 Å². The van der Waals surface area contributed by atoms with Crippen molar-refractivity contribution >= 4 is 22.1 Å². The number of carboxylic acid groups (broad SMARTS) is 1. The van der Waals surface area contributed by atoms with Crippen LogP contribution in [0.4, 0.5) is 0 Å². The standard InChI is InChI=1S/C9H16O7S.C3H5.Na/c1-2-3-4-5-16-9(12)7(6-8(10)11)17(13,14)15;1-3-2;/h7H,2-6H2,1H3,(H,10,11)(H,13,14,15);3H,1-2H2;/q;-1;+1. The minimum Gasteiger partial charge on any atom is -0.481 e. The van der Waals surface area contributed by atoms with Crippen LogP contribution >= 0.6 is 0 Å². The summed E-state index contributed by atoms with van der Waals surface area (Å²) in [5, 5.41) is 6.37. The molecule has 0 aromatic heterocycles. The summed E-state index contributed by atoms with van der Waals surface area (Å²) in [6, 6.07) is 0. The Hall–Kier alpha value is -0.540. The molecule has 0 bridgehead atoms. The molecule has 0 aliphatic rings. The Morgan fingerprint density at radius 3 is 2.19 bits per heavy atom. The number of carboxylic acids is 1. The van der Waals surface area contributed by atoms with Gasteiger partial charge in [0, 0.05) is 0 Å². The first-order chi connectivity index (χ1) is 9.20. The number of carbonyl (C=O) groups is 2. The summed E-state index contributed by atoms with van der Waals surface area (Å²) >= 11 is 0. The Kier molecular flexibility index (Phi) is 17.4. The minimum atomic E-state index is -4.76. The van der Waals surface area contributed by atoms with E-state index in [4.69, 9.17) is 9.66 Å². The number of unbranched alkanes of at least 4 members (excludes halogenated alkanes) is 2. The van der Waals surface area contributed by atoms with Gasteiger partial charge in [-0.1, -0.05) is 19.8 Å². The van der Waals surface area contributed by atoms with Gasteiger partial charge in [-0.15, -0.1) is 0 Å². The molecule has 0 aromatic carbocycles. The van der Waals surface area contributed by atoms with Crippen molar-refractivity contribution in [2.75, 3.05) is 6.61 Å². The van der Waals surface area contributed by atoms with Crippen molar-refractivity contribution in [1.82, 2.24) is 0 Å². The first-order valence-electron chi connectivity index (χ1n) is 5.95. The van der Waals surface area contributed by atoms with Gasteiger partial charge in [0.2, 0.25) is 0 Å². The van der Waals surface area contributed by atoms with Crippen molar-refractivity contribution in [3.8, 4) is 0 Å². The van der Waals surface area contributed by atoms with E-state index in [0.717, 1.165) is 12.8 Å². The maximum Gasteiger partial charge on any atom is 1.00 e. The van der Waals surface area contributed by atoms with E-state index in [1.165, 1.54) is 6.08 Å². The Bertz CT molecular complexity index is 406. The third-order valence-corrected chi connectivity index (χ3v) is 3.05. The maximum absolute atomic E-state index is 11.3. The number of carbonyl (C=O) groups excluding carboxylic acids is 1. The second-order valence-corrected chi connectivity index (χ2v) is 5.36. The monoisotopic (exact) mass is 332 g/mol. The zero-order valence-corrected chi connectivity index (χ0v) is 15.3. The predicted octanol–water partition coefficient (Wildman–Crippen LogP) is -1.54. The normalized spacial score (nSPS) is 11.1. The fourth-order valence-electron chi connectivity index (χ4n) is 1.09. The first kappa shape index (κ1) is 25.4. The zero-order valence-electron chi connectivity index (χ0n) is 12.4. The fraction of sp³-hybridized carbons (Fsp3) is 0.583. The molecule has 2 N–H and O–H groups in total. The maximum atomic E-state index is 11.3. The summed E-state index contributed by atoms with van der Waals surface area (Å²) < 4.78 is 34.9. The predicted molar refractivity (Wildman–Crippen MR) is 73.6 cm³/mol. The number of allylic oxidation sites excluding steroid dienone is 1. The molecule has 118 valence electrons. The third-order valence-electron chi connectivity index (χ3n) is 1.97. The van der Waals surface area contributed by atoms with Gasteiger partial charge in [0.1, 0.15) is 0 Å². The van der Waals surface area contributed by atoms with Crippen LogP contribution in [0.15, 0.2) is 12.7 Å².